The molecule has 128 valence electrons. The average molecular weight is 342 g/mol. The van der Waals surface area contributed by atoms with E-state index in [-0.39, 0.29) is 17.9 Å². The first-order chi connectivity index (χ1) is 11.2. The molecule has 0 bridgehead atoms. The molecule has 1 aromatic carbocycles. The molecule has 0 unspecified atom stereocenters. The molecule has 0 fully saturated rings. The van der Waals surface area contributed by atoms with Gasteiger partial charge in [0.25, 0.3) is 5.91 Å². The van der Waals surface area contributed by atoms with Crippen LogP contribution >= 0.6 is 0 Å². The number of methoxy groups -OCH3 is 1. The lowest BCUT2D eigenvalue weighted by molar-refractivity contribution is -0.141. The van der Waals surface area contributed by atoms with Crippen molar-refractivity contribution in [1.29, 1.82) is 0 Å². The Balaban J connectivity index is 2.10. The van der Waals surface area contributed by atoms with Gasteiger partial charge in [0, 0.05) is 19.8 Å². The minimum Gasteiger partial charge on any atom is -0.494 e. The highest BCUT2D eigenvalue weighted by Crippen LogP contribution is 2.27. The van der Waals surface area contributed by atoms with Crippen LogP contribution in [0.5, 0.6) is 5.75 Å². The van der Waals surface area contributed by atoms with Crippen molar-refractivity contribution in [2.75, 3.05) is 14.2 Å². The fourth-order valence-corrected chi connectivity index (χ4v) is 2.06. The van der Waals surface area contributed by atoms with E-state index in [0.717, 1.165) is 18.3 Å². The van der Waals surface area contributed by atoms with Gasteiger partial charge in [-0.3, -0.25) is 9.78 Å². The Bertz CT molecular complexity index is 730. The van der Waals surface area contributed by atoms with Gasteiger partial charge in [0.2, 0.25) is 0 Å². The highest BCUT2D eigenvalue weighted by molar-refractivity contribution is 5.93. The number of rotatable bonds is 4. The summed E-state index contributed by atoms with van der Waals surface area (Å²) in [4.78, 5) is 16.7. The summed E-state index contributed by atoms with van der Waals surface area (Å²) in [6.45, 7) is 0.0841. The molecule has 0 aliphatic carbocycles. The first-order valence-electron chi connectivity index (χ1n) is 6.83. The van der Waals surface area contributed by atoms with E-state index in [0.29, 0.717) is 5.56 Å². The number of carbonyl (C=O) groups is 1. The zero-order valence-electron chi connectivity index (χ0n) is 12.9. The van der Waals surface area contributed by atoms with Crippen molar-refractivity contribution in [3.8, 4) is 5.75 Å². The molecular weight excluding hydrogens is 328 g/mol. The predicted molar refractivity (Wildman–Crippen MR) is 78.0 cm³/mol. The lowest BCUT2D eigenvalue weighted by atomic mass is 10.1. The van der Waals surface area contributed by atoms with E-state index in [1.807, 2.05) is 0 Å². The van der Waals surface area contributed by atoms with E-state index >= 15 is 0 Å². The maximum atomic E-state index is 13.6. The summed E-state index contributed by atoms with van der Waals surface area (Å²) in [5, 5.41) is 0. The average Bonchev–Trinajstić information content (AvgIpc) is 2.53. The van der Waals surface area contributed by atoms with Gasteiger partial charge < -0.3 is 9.64 Å². The van der Waals surface area contributed by atoms with Crippen LogP contribution in [-0.2, 0) is 12.7 Å². The van der Waals surface area contributed by atoms with Gasteiger partial charge in [-0.1, -0.05) is 6.07 Å². The van der Waals surface area contributed by atoms with Crippen molar-refractivity contribution in [2.45, 2.75) is 12.7 Å². The van der Waals surface area contributed by atoms with Crippen LogP contribution in [0.1, 0.15) is 21.6 Å². The number of halogens is 4. The number of benzene rings is 1. The summed E-state index contributed by atoms with van der Waals surface area (Å²) in [5.74, 6) is -1.00. The van der Waals surface area contributed by atoms with E-state index < -0.39 is 23.6 Å². The van der Waals surface area contributed by atoms with Gasteiger partial charge in [-0.25, -0.2) is 4.39 Å². The number of amides is 1. The van der Waals surface area contributed by atoms with Gasteiger partial charge in [0.05, 0.1) is 12.7 Å². The summed E-state index contributed by atoms with van der Waals surface area (Å²) in [6, 6.07) is 6.06. The molecular formula is C16H14F4N2O2. The smallest absolute Gasteiger partial charge is 0.433 e. The number of nitrogens with zero attached hydrogens (tertiary/aromatic N) is 2. The van der Waals surface area contributed by atoms with Gasteiger partial charge in [-0.2, -0.15) is 13.2 Å². The van der Waals surface area contributed by atoms with Gasteiger partial charge in [0.15, 0.2) is 11.6 Å². The molecule has 8 heteroatoms. The van der Waals surface area contributed by atoms with Crippen molar-refractivity contribution in [2.24, 2.45) is 0 Å². The number of carbonyl (C=O) groups excluding carboxylic acids is 1. The van der Waals surface area contributed by atoms with Crippen LogP contribution in [0.25, 0.3) is 0 Å². The van der Waals surface area contributed by atoms with Gasteiger partial charge in [-0.15, -0.1) is 0 Å². The molecule has 0 N–H and O–H groups in total. The Hall–Kier alpha value is -2.64. The SMILES string of the molecule is COc1ccc(CN(C)C(=O)c2ccc(C(F)(F)F)nc2)cc1F. The quantitative estimate of drug-likeness (QED) is 0.799. The molecule has 1 heterocycles. The zero-order valence-corrected chi connectivity index (χ0v) is 12.9. The van der Waals surface area contributed by atoms with Crippen LogP contribution in [0.15, 0.2) is 36.5 Å². The number of hydrogen-bond acceptors (Lipinski definition) is 3. The number of pyridine rings is 1. The van der Waals surface area contributed by atoms with E-state index in [4.69, 9.17) is 4.74 Å². The maximum absolute atomic E-state index is 13.6. The van der Waals surface area contributed by atoms with Crippen LogP contribution in [0.4, 0.5) is 17.6 Å². The van der Waals surface area contributed by atoms with Gasteiger partial charge in [-0.05, 0) is 29.8 Å². The monoisotopic (exact) mass is 342 g/mol. The number of aromatic nitrogens is 1. The first-order valence-corrected chi connectivity index (χ1v) is 6.83. The van der Waals surface area contributed by atoms with Gasteiger partial charge >= 0.3 is 6.18 Å². The Morgan fingerprint density at radius 3 is 2.46 bits per heavy atom. The lowest BCUT2D eigenvalue weighted by Crippen LogP contribution is -2.26. The molecule has 1 amide bonds. The van der Waals surface area contributed by atoms with Crippen molar-refractivity contribution < 1.29 is 27.1 Å². The van der Waals surface area contributed by atoms with Gasteiger partial charge in [0.1, 0.15) is 5.69 Å². The molecule has 0 saturated heterocycles. The standard InChI is InChI=1S/C16H14F4N2O2/c1-22(9-10-3-5-13(24-2)12(17)7-10)15(23)11-4-6-14(21-8-11)16(18,19)20/h3-8H,9H2,1-2H3. The lowest BCUT2D eigenvalue weighted by Gasteiger charge is -2.18. The normalized spacial score (nSPS) is 11.2. The molecule has 2 aromatic rings. The third-order valence-electron chi connectivity index (χ3n) is 3.28. The van der Waals surface area contributed by atoms with Crippen LogP contribution < -0.4 is 4.74 Å². The van der Waals surface area contributed by atoms with Crippen LogP contribution in [-0.4, -0.2) is 29.9 Å². The summed E-state index contributed by atoms with van der Waals surface area (Å²) >= 11 is 0. The fourth-order valence-electron chi connectivity index (χ4n) is 2.06. The summed E-state index contributed by atoms with van der Waals surface area (Å²) in [7, 11) is 2.80. The second-order valence-electron chi connectivity index (χ2n) is 5.06. The van der Waals surface area contributed by atoms with E-state index in [1.165, 1.54) is 31.2 Å². The summed E-state index contributed by atoms with van der Waals surface area (Å²) in [5.41, 5.74) is -0.539. The predicted octanol–water partition coefficient (Wildman–Crippen LogP) is 3.52. The number of alkyl halides is 3. The number of ether oxygens (including phenoxy) is 1. The molecule has 1 aromatic heterocycles. The van der Waals surface area contributed by atoms with Crippen LogP contribution in [0.2, 0.25) is 0 Å². The molecule has 0 saturated carbocycles. The minimum atomic E-state index is -4.56. The van der Waals surface area contributed by atoms with Crippen molar-refractivity contribution in [3.63, 3.8) is 0 Å². The van der Waals surface area contributed by atoms with E-state index in [2.05, 4.69) is 4.98 Å². The van der Waals surface area contributed by atoms with Crippen molar-refractivity contribution in [3.05, 3.63) is 59.2 Å². The summed E-state index contributed by atoms with van der Waals surface area (Å²) in [6.07, 6.45) is -3.69. The zero-order chi connectivity index (χ0) is 17.9. The Labute approximate surface area is 135 Å². The molecule has 4 nitrogen and oxygen atoms in total. The second-order valence-corrected chi connectivity index (χ2v) is 5.06. The maximum Gasteiger partial charge on any atom is 0.433 e. The Morgan fingerprint density at radius 1 is 1.25 bits per heavy atom. The second kappa shape index (κ2) is 6.86. The fraction of sp³-hybridized carbons (Fsp3) is 0.250. The Morgan fingerprint density at radius 2 is 1.96 bits per heavy atom. The third kappa shape index (κ3) is 4.01. The molecule has 0 radical (unpaired) electrons. The number of hydrogen-bond donors (Lipinski definition) is 0. The first kappa shape index (κ1) is 17.7. The van der Waals surface area contributed by atoms with E-state index in [1.54, 1.807) is 6.07 Å². The molecule has 0 aliphatic heterocycles. The topological polar surface area (TPSA) is 42.4 Å². The van der Waals surface area contributed by atoms with E-state index in [9.17, 15) is 22.4 Å². The Kier molecular flexibility index (Phi) is 5.06. The molecule has 2 rings (SSSR count). The molecule has 0 spiro atoms. The molecule has 0 atom stereocenters. The van der Waals surface area contributed by atoms with Crippen molar-refractivity contribution in [1.82, 2.24) is 9.88 Å². The highest BCUT2D eigenvalue weighted by atomic mass is 19.4. The van der Waals surface area contributed by atoms with Crippen LogP contribution in [0, 0.1) is 5.82 Å². The third-order valence-corrected chi connectivity index (χ3v) is 3.28. The largest absolute Gasteiger partial charge is 0.494 e. The molecule has 0 aliphatic rings. The van der Waals surface area contributed by atoms with Crippen LogP contribution in [0.3, 0.4) is 0 Å². The minimum absolute atomic E-state index is 0.0134. The molecule has 24 heavy (non-hydrogen) atoms. The summed E-state index contributed by atoms with van der Waals surface area (Å²) < 4.78 is 55.8. The van der Waals surface area contributed by atoms with Crippen molar-refractivity contribution >= 4 is 5.91 Å². The highest BCUT2D eigenvalue weighted by Gasteiger charge is 2.32.